The molecule has 1 saturated heterocycles. The van der Waals surface area contributed by atoms with Crippen molar-refractivity contribution in [2.24, 2.45) is 0 Å². The molecule has 1 aliphatic heterocycles. The van der Waals surface area contributed by atoms with E-state index in [1.807, 2.05) is 6.07 Å². The van der Waals surface area contributed by atoms with E-state index in [0.29, 0.717) is 59.6 Å². The number of aromatic amines is 1. The third-order valence-electron chi connectivity index (χ3n) is 6.70. The van der Waals surface area contributed by atoms with E-state index >= 15 is 0 Å². The van der Waals surface area contributed by atoms with Crippen LogP contribution in [0.25, 0.3) is 22.4 Å². The van der Waals surface area contributed by atoms with Gasteiger partial charge in [0.05, 0.1) is 18.4 Å². The highest BCUT2D eigenvalue weighted by Crippen LogP contribution is 2.38. The number of ether oxygens (including phenoxy) is 2. The molecule has 1 aromatic heterocycles. The van der Waals surface area contributed by atoms with Crippen LogP contribution in [0.2, 0.25) is 0 Å². The number of carbonyl (C=O) groups is 1. The normalized spacial score (nSPS) is 14.0. The Labute approximate surface area is 227 Å². The molecule has 1 fully saturated rings. The minimum absolute atomic E-state index is 0.0860. The number of nitrogens with one attached hydrogen (secondary N) is 2. The van der Waals surface area contributed by atoms with Gasteiger partial charge in [0.2, 0.25) is 0 Å². The molecule has 2 N–H and O–H groups in total. The van der Waals surface area contributed by atoms with Crippen molar-refractivity contribution < 1.29 is 18.7 Å². The van der Waals surface area contributed by atoms with E-state index in [2.05, 4.69) is 10.3 Å². The molecule has 4 rings (SSSR count). The van der Waals surface area contributed by atoms with E-state index < -0.39 is 23.1 Å². The molecule has 2 heterocycles. The fourth-order valence-electron chi connectivity index (χ4n) is 4.90. The number of anilines is 1. The first-order valence-electron chi connectivity index (χ1n) is 12.9. The van der Waals surface area contributed by atoms with E-state index in [4.69, 9.17) is 9.47 Å². The van der Waals surface area contributed by atoms with Gasteiger partial charge in [0.25, 0.3) is 5.56 Å². The second kappa shape index (κ2) is 11.3. The Bertz CT molecular complexity index is 1460. The van der Waals surface area contributed by atoms with Crippen LogP contribution in [0.1, 0.15) is 44.7 Å². The number of methoxy groups -OCH3 is 1. The van der Waals surface area contributed by atoms with Crippen LogP contribution < -0.4 is 20.5 Å². The summed E-state index contributed by atoms with van der Waals surface area (Å²) in [7, 11) is 1.56. The van der Waals surface area contributed by atoms with Crippen LogP contribution in [0, 0.1) is 24.1 Å². The number of hydrogen-bond donors (Lipinski definition) is 2. The zero-order valence-corrected chi connectivity index (χ0v) is 22.9. The highest BCUT2D eigenvalue weighted by Gasteiger charge is 2.34. The summed E-state index contributed by atoms with van der Waals surface area (Å²) in [6, 6.07) is 13.0. The van der Waals surface area contributed by atoms with Gasteiger partial charge in [-0.25, -0.2) is 9.18 Å². The molecule has 0 bridgehead atoms. The number of benzene rings is 2. The van der Waals surface area contributed by atoms with Crippen LogP contribution >= 0.6 is 0 Å². The van der Waals surface area contributed by atoms with Crippen LogP contribution in [-0.4, -0.2) is 42.9 Å². The summed E-state index contributed by atoms with van der Waals surface area (Å²) in [5.74, 6) is -0.0346. The number of hydrogen-bond acceptors (Lipinski definition) is 6. The molecule has 0 atom stereocenters. The molecule has 1 aliphatic rings. The predicted octanol–water partition coefficient (Wildman–Crippen LogP) is 5.53. The van der Waals surface area contributed by atoms with Crippen LogP contribution in [0.4, 0.5) is 14.9 Å². The molecule has 2 aromatic carbocycles. The summed E-state index contributed by atoms with van der Waals surface area (Å²) in [4.78, 5) is 31.8. The van der Waals surface area contributed by atoms with Crippen molar-refractivity contribution in [3.05, 3.63) is 69.8 Å². The fourth-order valence-corrected chi connectivity index (χ4v) is 4.90. The Hall–Kier alpha value is -4.16. The summed E-state index contributed by atoms with van der Waals surface area (Å²) in [6.07, 6.45) is 0.662. The van der Waals surface area contributed by atoms with Gasteiger partial charge < -0.3 is 19.8 Å². The highest BCUT2D eigenvalue weighted by atomic mass is 19.1. The maximum Gasteiger partial charge on any atom is 0.415 e. The molecule has 9 heteroatoms. The first-order valence-corrected chi connectivity index (χ1v) is 12.9. The van der Waals surface area contributed by atoms with Crippen molar-refractivity contribution in [3.63, 3.8) is 0 Å². The highest BCUT2D eigenvalue weighted by molar-refractivity contribution is 5.94. The number of nitriles is 1. The van der Waals surface area contributed by atoms with E-state index in [0.717, 1.165) is 0 Å². The number of amides is 1. The number of aromatic nitrogens is 1. The van der Waals surface area contributed by atoms with Gasteiger partial charge in [-0.3, -0.25) is 9.69 Å². The predicted molar refractivity (Wildman–Crippen MR) is 149 cm³/mol. The van der Waals surface area contributed by atoms with E-state index in [1.165, 1.54) is 17.0 Å². The summed E-state index contributed by atoms with van der Waals surface area (Å²) in [5.41, 5.74) is 1.48. The molecule has 3 aromatic rings. The smallest absolute Gasteiger partial charge is 0.415 e. The molecule has 0 spiro atoms. The number of H-pyrrole nitrogens is 1. The van der Waals surface area contributed by atoms with Gasteiger partial charge in [-0.1, -0.05) is 6.07 Å². The molecule has 204 valence electrons. The van der Waals surface area contributed by atoms with E-state index in [9.17, 15) is 19.2 Å². The lowest BCUT2D eigenvalue weighted by Gasteiger charge is -2.36. The summed E-state index contributed by atoms with van der Waals surface area (Å²) < 4.78 is 25.9. The SMILES string of the molecule is COc1ccc(-c2[nH]c(=O)c(N(C(=O)OC(C)(C)C)C3CCNCC3)c(C)c2-c2ccc(C#N)c(F)c2)cc1. The van der Waals surface area contributed by atoms with E-state index in [1.54, 1.807) is 65.1 Å². The Morgan fingerprint density at radius 2 is 1.74 bits per heavy atom. The Kier molecular flexibility index (Phi) is 8.07. The lowest BCUT2D eigenvalue weighted by atomic mass is 9.92. The number of nitrogens with zero attached hydrogens (tertiary/aromatic N) is 2. The number of carbonyl (C=O) groups excluding carboxylic acids is 1. The molecule has 0 unspecified atom stereocenters. The second-order valence-electron chi connectivity index (χ2n) is 10.5. The standard InChI is InChI=1S/C30H33FN4O4/c1-18-25(20-6-7-21(17-32)24(31)16-20)26(19-8-10-23(38-5)11-9-19)34-28(36)27(18)35(22-12-14-33-15-13-22)29(37)39-30(2,3)4/h6-11,16,22,33H,12-15H2,1-5H3,(H,34,36). The second-order valence-corrected chi connectivity index (χ2v) is 10.5. The van der Waals surface area contributed by atoms with Crippen molar-refractivity contribution in [1.82, 2.24) is 10.3 Å². The van der Waals surface area contributed by atoms with Crippen molar-refractivity contribution in [2.75, 3.05) is 25.1 Å². The zero-order chi connectivity index (χ0) is 28.3. The van der Waals surface area contributed by atoms with Gasteiger partial charge in [-0.15, -0.1) is 0 Å². The van der Waals surface area contributed by atoms with Crippen molar-refractivity contribution in [3.8, 4) is 34.2 Å². The Morgan fingerprint density at radius 1 is 1.10 bits per heavy atom. The van der Waals surface area contributed by atoms with Crippen LogP contribution in [-0.2, 0) is 4.74 Å². The molecule has 0 saturated carbocycles. The lowest BCUT2D eigenvalue weighted by molar-refractivity contribution is 0.0558. The van der Waals surface area contributed by atoms with Crippen LogP contribution in [0.5, 0.6) is 5.75 Å². The maximum atomic E-state index is 14.8. The van der Waals surface area contributed by atoms with E-state index in [-0.39, 0.29) is 17.3 Å². The van der Waals surface area contributed by atoms with Gasteiger partial charge in [-0.2, -0.15) is 5.26 Å². The topological polar surface area (TPSA) is 107 Å². The Balaban J connectivity index is 1.99. The largest absolute Gasteiger partial charge is 0.497 e. The quantitative estimate of drug-likeness (QED) is 0.447. The lowest BCUT2D eigenvalue weighted by Crippen LogP contribution is -2.50. The van der Waals surface area contributed by atoms with Crippen LogP contribution in [0.15, 0.2) is 47.3 Å². The Morgan fingerprint density at radius 3 is 2.31 bits per heavy atom. The molecular formula is C30H33FN4O4. The van der Waals surface area contributed by atoms with Gasteiger partial charge in [0.1, 0.15) is 28.9 Å². The van der Waals surface area contributed by atoms with Gasteiger partial charge in [0.15, 0.2) is 0 Å². The number of rotatable bonds is 5. The maximum absolute atomic E-state index is 14.8. The fraction of sp³-hybridized carbons (Fsp3) is 0.367. The van der Waals surface area contributed by atoms with Crippen molar-refractivity contribution >= 4 is 11.8 Å². The van der Waals surface area contributed by atoms with Crippen molar-refractivity contribution in [2.45, 2.75) is 52.2 Å². The number of piperidine rings is 1. The summed E-state index contributed by atoms with van der Waals surface area (Å²) >= 11 is 0. The van der Waals surface area contributed by atoms with Gasteiger partial charge in [0, 0.05) is 11.6 Å². The minimum Gasteiger partial charge on any atom is -0.497 e. The molecule has 39 heavy (non-hydrogen) atoms. The number of halogens is 1. The third kappa shape index (κ3) is 5.96. The summed E-state index contributed by atoms with van der Waals surface area (Å²) in [5, 5.41) is 12.5. The average molecular weight is 533 g/mol. The third-order valence-corrected chi connectivity index (χ3v) is 6.70. The minimum atomic E-state index is -0.773. The van der Waals surface area contributed by atoms with Crippen molar-refractivity contribution in [1.29, 1.82) is 5.26 Å². The molecule has 1 amide bonds. The average Bonchev–Trinajstić information content (AvgIpc) is 2.90. The molecule has 8 nitrogen and oxygen atoms in total. The molecule has 0 radical (unpaired) electrons. The monoisotopic (exact) mass is 532 g/mol. The number of pyridine rings is 1. The first-order chi connectivity index (χ1) is 18.5. The van der Waals surface area contributed by atoms with Gasteiger partial charge in [-0.05, 0) is 107 Å². The molecular weight excluding hydrogens is 499 g/mol. The van der Waals surface area contributed by atoms with Crippen LogP contribution in [0.3, 0.4) is 0 Å². The zero-order valence-electron chi connectivity index (χ0n) is 22.9. The molecule has 0 aliphatic carbocycles. The first kappa shape index (κ1) is 27.9. The van der Waals surface area contributed by atoms with Gasteiger partial charge >= 0.3 is 6.09 Å². The summed E-state index contributed by atoms with van der Waals surface area (Å²) in [6.45, 7) is 8.47.